The normalized spacial score (nSPS) is 11.5. The van der Waals surface area contributed by atoms with Crippen LogP contribution in [0.5, 0.6) is 5.75 Å². The maximum absolute atomic E-state index is 13.1. The van der Waals surface area contributed by atoms with Crippen LogP contribution in [0.25, 0.3) is 17.1 Å². The van der Waals surface area contributed by atoms with Crippen LogP contribution in [0.4, 0.5) is 13.2 Å². The van der Waals surface area contributed by atoms with Crippen molar-refractivity contribution in [2.45, 2.75) is 24.0 Å². The summed E-state index contributed by atoms with van der Waals surface area (Å²) in [5, 5.41) is 9.34. The second kappa shape index (κ2) is 9.08. The number of alkyl halides is 3. The highest BCUT2D eigenvalue weighted by Gasteiger charge is 2.30. The molecule has 1 heterocycles. The molecule has 0 amide bonds. The molecule has 0 aliphatic heterocycles. The molecule has 0 bridgehead atoms. The van der Waals surface area contributed by atoms with Gasteiger partial charge < -0.3 is 4.74 Å². The van der Waals surface area contributed by atoms with E-state index in [-0.39, 0.29) is 0 Å². The summed E-state index contributed by atoms with van der Waals surface area (Å²) in [6.07, 6.45) is -4.38. The zero-order valence-electron chi connectivity index (χ0n) is 17.4. The van der Waals surface area contributed by atoms with E-state index in [2.05, 4.69) is 10.2 Å². The van der Waals surface area contributed by atoms with E-state index < -0.39 is 11.7 Å². The Bertz CT molecular complexity index is 1240. The molecule has 0 aliphatic carbocycles. The molecule has 8 heteroatoms. The smallest absolute Gasteiger partial charge is 0.416 e. The van der Waals surface area contributed by atoms with Crippen LogP contribution in [0, 0.1) is 6.92 Å². The maximum atomic E-state index is 13.1. The van der Waals surface area contributed by atoms with Crippen LogP contribution in [-0.2, 0) is 11.9 Å². The molecule has 0 fully saturated rings. The quantitative estimate of drug-likeness (QED) is 0.309. The molecule has 164 valence electrons. The summed E-state index contributed by atoms with van der Waals surface area (Å²) < 4.78 is 46.6. The highest BCUT2D eigenvalue weighted by Crippen LogP contribution is 2.35. The SMILES string of the molecule is COc1ccccc1-c1nnc(SCc2cccc(C(F)(F)F)c2)n1-c1cccc(C)c1. The average molecular weight is 456 g/mol. The number of aromatic nitrogens is 3. The van der Waals surface area contributed by atoms with Gasteiger partial charge in [0.2, 0.25) is 0 Å². The molecule has 4 nitrogen and oxygen atoms in total. The lowest BCUT2D eigenvalue weighted by atomic mass is 10.1. The summed E-state index contributed by atoms with van der Waals surface area (Å²) >= 11 is 1.33. The fraction of sp³-hybridized carbons (Fsp3) is 0.167. The van der Waals surface area contributed by atoms with Crippen LogP contribution in [0.15, 0.2) is 78.0 Å². The van der Waals surface area contributed by atoms with Crippen molar-refractivity contribution in [2.75, 3.05) is 7.11 Å². The highest BCUT2D eigenvalue weighted by atomic mass is 32.2. The van der Waals surface area contributed by atoms with Gasteiger partial charge in [-0.25, -0.2) is 0 Å². The number of aryl methyl sites for hydroxylation is 1. The third kappa shape index (κ3) is 4.65. The lowest BCUT2D eigenvalue weighted by Crippen LogP contribution is -2.05. The molecule has 0 unspecified atom stereocenters. The monoisotopic (exact) mass is 455 g/mol. The van der Waals surface area contributed by atoms with Gasteiger partial charge in [-0.2, -0.15) is 13.2 Å². The fourth-order valence-corrected chi connectivity index (χ4v) is 4.25. The molecule has 1 aromatic heterocycles. The Labute approximate surface area is 188 Å². The Morgan fingerprint density at radius 1 is 0.938 bits per heavy atom. The van der Waals surface area contributed by atoms with Crippen LogP contribution >= 0.6 is 11.8 Å². The number of hydrogen-bond donors (Lipinski definition) is 0. The van der Waals surface area contributed by atoms with Crippen LogP contribution in [0.3, 0.4) is 0 Å². The number of nitrogens with zero attached hydrogens (tertiary/aromatic N) is 3. The number of methoxy groups -OCH3 is 1. The summed E-state index contributed by atoms with van der Waals surface area (Å²) in [7, 11) is 1.59. The van der Waals surface area contributed by atoms with Gasteiger partial charge in [-0.05, 0) is 48.4 Å². The molecule has 32 heavy (non-hydrogen) atoms. The molecule has 0 spiro atoms. The van der Waals surface area contributed by atoms with Crippen molar-refractivity contribution in [3.8, 4) is 22.8 Å². The van der Waals surface area contributed by atoms with Crippen molar-refractivity contribution in [2.24, 2.45) is 0 Å². The van der Waals surface area contributed by atoms with Crippen molar-refractivity contribution in [3.63, 3.8) is 0 Å². The Hall–Kier alpha value is -3.26. The summed E-state index contributed by atoms with van der Waals surface area (Å²) in [4.78, 5) is 0. The van der Waals surface area contributed by atoms with Crippen LogP contribution < -0.4 is 4.74 Å². The number of rotatable bonds is 6. The molecule has 0 saturated heterocycles. The number of thioether (sulfide) groups is 1. The first kappa shape index (κ1) is 22.0. The topological polar surface area (TPSA) is 39.9 Å². The van der Waals surface area contributed by atoms with Crippen molar-refractivity contribution in [1.82, 2.24) is 14.8 Å². The zero-order chi connectivity index (χ0) is 22.7. The van der Waals surface area contributed by atoms with Gasteiger partial charge in [-0.15, -0.1) is 10.2 Å². The lowest BCUT2D eigenvalue weighted by Gasteiger charge is -2.13. The molecular weight excluding hydrogens is 435 g/mol. The number of hydrogen-bond acceptors (Lipinski definition) is 4. The van der Waals surface area contributed by atoms with Crippen molar-refractivity contribution in [1.29, 1.82) is 0 Å². The maximum Gasteiger partial charge on any atom is 0.416 e. The summed E-state index contributed by atoms with van der Waals surface area (Å²) in [6, 6.07) is 20.7. The van der Waals surface area contributed by atoms with Crippen LogP contribution in [-0.4, -0.2) is 21.9 Å². The third-order valence-electron chi connectivity index (χ3n) is 4.86. The minimum Gasteiger partial charge on any atom is -0.496 e. The van der Waals surface area contributed by atoms with E-state index in [0.717, 1.165) is 22.9 Å². The fourth-order valence-electron chi connectivity index (χ4n) is 3.35. The minimum absolute atomic E-state index is 0.319. The first-order valence-electron chi connectivity index (χ1n) is 9.81. The van der Waals surface area contributed by atoms with E-state index in [1.165, 1.54) is 23.9 Å². The van der Waals surface area contributed by atoms with E-state index in [9.17, 15) is 13.2 Å². The van der Waals surface area contributed by atoms with Crippen molar-refractivity contribution >= 4 is 11.8 Å². The number of halogens is 3. The van der Waals surface area contributed by atoms with E-state index in [1.54, 1.807) is 13.2 Å². The van der Waals surface area contributed by atoms with Gasteiger partial charge in [0, 0.05) is 11.4 Å². The third-order valence-corrected chi connectivity index (χ3v) is 5.86. The van der Waals surface area contributed by atoms with Gasteiger partial charge in [0.15, 0.2) is 11.0 Å². The van der Waals surface area contributed by atoms with E-state index in [1.807, 2.05) is 60.0 Å². The summed E-state index contributed by atoms with van der Waals surface area (Å²) in [5.41, 5.74) is 2.60. The molecule has 3 aromatic carbocycles. The first-order chi connectivity index (χ1) is 15.4. The number of para-hydroxylation sites is 1. The van der Waals surface area contributed by atoms with Gasteiger partial charge in [-0.1, -0.05) is 54.2 Å². The summed E-state index contributed by atoms with van der Waals surface area (Å²) in [6.45, 7) is 1.99. The Morgan fingerprint density at radius 2 is 1.72 bits per heavy atom. The first-order valence-corrected chi connectivity index (χ1v) is 10.8. The van der Waals surface area contributed by atoms with E-state index >= 15 is 0 Å². The van der Waals surface area contributed by atoms with Gasteiger partial charge in [0.05, 0.1) is 18.2 Å². The second-order valence-corrected chi connectivity index (χ2v) is 8.11. The molecule has 4 rings (SSSR count). The van der Waals surface area contributed by atoms with Gasteiger partial charge in [0.1, 0.15) is 5.75 Å². The molecule has 0 atom stereocenters. The average Bonchev–Trinajstić information content (AvgIpc) is 3.21. The Kier molecular flexibility index (Phi) is 6.23. The van der Waals surface area contributed by atoms with Crippen molar-refractivity contribution < 1.29 is 17.9 Å². The van der Waals surface area contributed by atoms with Gasteiger partial charge >= 0.3 is 6.18 Å². The molecule has 4 aromatic rings. The number of ether oxygens (including phenoxy) is 1. The lowest BCUT2D eigenvalue weighted by molar-refractivity contribution is -0.137. The molecule has 0 N–H and O–H groups in total. The van der Waals surface area contributed by atoms with E-state index in [4.69, 9.17) is 4.74 Å². The van der Waals surface area contributed by atoms with Gasteiger partial charge in [0.25, 0.3) is 0 Å². The van der Waals surface area contributed by atoms with Crippen molar-refractivity contribution in [3.05, 3.63) is 89.5 Å². The molecule has 0 aliphatic rings. The minimum atomic E-state index is -4.38. The van der Waals surface area contributed by atoms with Crippen LogP contribution in [0.1, 0.15) is 16.7 Å². The Balaban J connectivity index is 1.74. The predicted molar refractivity (Wildman–Crippen MR) is 119 cm³/mol. The standard InChI is InChI=1S/C24H20F3N3OS/c1-16-7-5-10-19(13-16)30-22(20-11-3-4-12-21(20)31-2)28-29-23(30)32-15-17-8-6-9-18(14-17)24(25,26)27/h3-14H,15H2,1-2H3. The highest BCUT2D eigenvalue weighted by molar-refractivity contribution is 7.98. The second-order valence-electron chi connectivity index (χ2n) is 7.17. The number of benzene rings is 3. The largest absolute Gasteiger partial charge is 0.496 e. The zero-order valence-corrected chi connectivity index (χ0v) is 18.2. The van der Waals surface area contributed by atoms with Crippen LogP contribution in [0.2, 0.25) is 0 Å². The van der Waals surface area contributed by atoms with E-state index in [0.29, 0.717) is 28.0 Å². The predicted octanol–water partition coefficient (Wildman–Crippen LogP) is 6.56. The summed E-state index contributed by atoms with van der Waals surface area (Å²) in [5.74, 6) is 1.57. The molecule has 0 radical (unpaired) electrons. The van der Waals surface area contributed by atoms with Gasteiger partial charge in [-0.3, -0.25) is 4.57 Å². The molecular formula is C24H20F3N3OS. The molecule has 0 saturated carbocycles. The Morgan fingerprint density at radius 3 is 2.47 bits per heavy atom.